The lowest BCUT2D eigenvalue weighted by Crippen LogP contribution is -2.42. The van der Waals surface area contributed by atoms with Crippen molar-refractivity contribution < 1.29 is 23.2 Å². The van der Waals surface area contributed by atoms with Crippen molar-refractivity contribution in [1.82, 2.24) is 20.4 Å². The molecule has 28 heavy (non-hydrogen) atoms. The van der Waals surface area contributed by atoms with Crippen molar-refractivity contribution in [3.63, 3.8) is 0 Å². The summed E-state index contributed by atoms with van der Waals surface area (Å²) in [6.45, 7) is 2.27. The molecule has 0 saturated carbocycles. The highest BCUT2D eigenvalue weighted by atomic mass is 19.3. The van der Waals surface area contributed by atoms with E-state index >= 15 is 0 Å². The summed E-state index contributed by atoms with van der Waals surface area (Å²) >= 11 is 0. The second-order valence-electron chi connectivity index (χ2n) is 6.67. The number of aryl methyl sites for hydroxylation is 2. The number of carbonyl (C=O) groups excluding carboxylic acids is 1. The van der Waals surface area contributed by atoms with Gasteiger partial charge in [0.25, 0.3) is 5.92 Å². The number of aromatic nitrogens is 2. The molecule has 3 heterocycles. The van der Waals surface area contributed by atoms with Gasteiger partial charge in [-0.1, -0.05) is 5.16 Å². The number of likely N-dealkylation sites (tertiary alicyclic amines) is 1. The monoisotopic (exact) mass is 391 g/mol. The Morgan fingerprint density at radius 3 is 2.96 bits per heavy atom. The fraction of sp³-hybridized carbons (Fsp3) is 0.444. The zero-order valence-corrected chi connectivity index (χ0v) is 15.3. The summed E-state index contributed by atoms with van der Waals surface area (Å²) in [5.74, 6) is -3.22. The van der Waals surface area contributed by atoms with Crippen molar-refractivity contribution in [3.8, 4) is 17.2 Å². The van der Waals surface area contributed by atoms with Crippen LogP contribution in [0.3, 0.4) is 0 Å². The lowest BCUT2D eigenvalue weighted by Gasteiger charge is -2.21. The third kappa shape index (κ3) is 3.85. The third-order valence-corrected chi connectivity index (χ3v) is 4.64. The molecule has 0 aromatic carbocycles. The molecular weight excluding hydrogens is 372 g/mol. The summed E-state index contributed by atoms with van der Waals surface area (Å²) in [6, 6.07) is 2.11. The van der Waals surface area contributed by atoms with Gasteiger partial charge in [-0.15, -0.1) is 0 Å². The zero-order chi connectivity index (χ0) is 20.5. The molecule has 1 saturated heterocycles. The van der Waals surface area contributed by atoms with Gasteiger partial charge in [-0.25, -0.2) is 8.78 Å². The van der Waals surface area contributed by atoms with Gasteiger partial charge in [-0.05, 0) is 19.9 Å². The van der Waals surface area contributed by atoms with Crippen LogP contribution < -0.4 is 5.32 Å². The van der Waals surface area contributed by atoms with Crippen LogP contribution in [0.4, 0.5) is 8.78 Å². The molecule has 1 unspecified atom stereocenters. The molecule has 0 radical (unpaired) electrons. The highest BCUT2D eigenvalue weighted by Crippen LogP contribution is 2.33. The maximum absolute atomic E-state index is 13.5. The number of rotatable bonds is 5. The number of aliphatic hydroxyl groups is 1. The Balaban J connectivity index is 1.74. The standard InChI is InChI=1S/C18H19F2N5O3/c1-10-16(11(2)28-24-10)14-7-22-4-3-13(14)17(27)23-8-15(26)25-9-18(19,20)5-12(25)6-21/h3-4,7,12,17,23,27H,5,8-9H2,1-2H3/t12-,17?/m0/s1. The Morgan fingerprint density at radius 2 is 2.32 bits per heavy atom. The van der Waals surface area contributed by atoms with E-state index in [0.29, 0.717) is 28.1 Å². The highest BCUT2D eigenvalue weighted by molar-refractivity contribution is 5.79. The van der Waals surface area contributed by atoms with E-state index in [1.807, 2.05) is 0 Å². The Morgan fingerprint density at radius 1 is 1.57 bits per heavy atom. The first-order valence-electron chi connectivity index (χ1n) is 8.59. The number of aliphatic hydroxyl groups excluding tert-OH is 1. The Hall–Kier alpha value is -2.90. The van der Waals surface area contributed by atoms with Gasteiger partial charge in [0.2, 0.25) is 5.91 Å². The van der Waals surface area contributed by atoms with E-state index in [2.05, 4.69) is 15.5 Å². The fourth-order valence-electron chi connectivity index (χ4n) is 3.31. The van der Waals surface area contributed by atoms with Gasteiger partial charge in [0.1, 0.15) is 18.0 Å². The Labute approximate surface area is 159 Å². The minimum atomic E-state index is -3.09. The summed E-state index contributed by atoms with van der Waals surface area (Å²) in [4.78, 5) is 17.2. The molecule has 0 spiro atoms. The SMILES string of the molecule is Cc1noc(C)c1-c1cnccc1C(O)NCC(=O)N1CC(F)(F)C[C@H]1C#N. The second kappa shape index (κ2) is 7.61. The molecule has 2 atom stereocenters. The number of hydrogen-bond acceptors (Lipinski definition) is 7. The predicted octanol–water partition coefficient (Wildman–Crippen LogP) is 1.69. The Kier molecular flexibility index (Phi) is 5.40. The van der Waals surface area contributed by atoms with Crippen LogP contribution in [-0.4, -0.2) is 51.1 Å². The van der Waals surface area contributed by atoms with Crippen LogP contribution in [0.1, 0.15) is 29.7 Å². The van der Waals surface area contributed by atoms with Crippen molar-refractivity contribution in [2.24, 2.45) is 0 Å². The summed E-state index contributed by atoms with van der Waals surface area (Å²) in [7, 11) is 0. The highest BCUT2D eigenvalue weighted by Gasteiger charge is 2.47. The number of nitriles is 1. The lowest BCUT2D eigenvalue weighted by atomic mass is 9.99. The number of nitrogens with zero attached hydrogens (tertiary/aromatic N) is 4. The first-order valence-corrected chi connectivity index (χ1v) is 8.59. The first kappa shape index (κ1) is 19.9. The summed E-state index contributed by atoms with van der Waals surface area (Å²) in [6.07, 6.45) is 1.08. The van der Waals surface area contributed by atoms with E-state index in [0.717, 1.165) is 4.90 Å². The summed E-state index contributed by atoms with van der Waals surface area (Å²) in [5, 5.41) is 26.0. The molecule has 1 amide bonds. The van der Waals surface area contributed by atoms with Crippen LogP contribution in [0.25, 0.3) is 11.1 Å². The van der Waals surface area contributed by atoms with E-state index in [-0.39, 0.29) is 0 Å². The molecule has 10 heteroatoms. The Bertz CT molecular complexity index is 905. The van der Waals surface area contributed by atoms with E-state index in [9.17, 15) is 18.7 Å². The number of carbonyl (C=O) groups is 1. The van der Waals surface area contributed by atoms with E-state index in [1.165, 1.54) is 6.20 Å². The molecule has 1 aliphatic rings. The lowest BCUT2D eigenvalue weighted by molar-refractivity contribution is -0.132. The van der Waals surface area contributed by atoms with Crippen LogP contribution >= 0.6 is 0 Å². The molecule has 8 nitrogen and oxygen atoms in total. The number of nitrogens with one attached hydrogen (secondary N) is 1. The summed E-state index contributed by atoms with van der Waals surface area (Å²) < 4.78 is 32.2. The van der Waals surface area contributed by atoms with Gasteiger partial charge in [0, 0.05) is 35.5 Å². The van der Waals surface area contributed by atoms with Crippen LogP contribution in [0.5, 0.6) is 0 Å². The van der Waals surface area contributed by atoms with Gasteiger partial charge in [-0.2, -0.15) is 5.26 Å². The van der Waals surface area contributed by atoms with Crippen LogP contribution in [0, 0.1) is 25.2 Å². The van der Waals surface area contributed by atoms with Crippen molar-refractivity contribution in [2.45, 2.75) is 38.5 Å². The molecular formula is C18H19F2N5O3. The molecule has 0 bridgehead atoms. The summed E-state index contributed by atoms with van der Waals surface area (Å²) in [5.41, 5.74) is 2.31. The number of hydrogen-bond donors (Lipinski definition) is 2. The van der Waals surface area contributed by atoms with Crippen molar-refractivity contribution in [2.75, 3.05) is 13.1 Å². The molecule has 2 aromatic heterocycles. The predicted molar refractivity (Wildman–Crippen MR) is 92.8 cm³/mol. The molecule has 2 aromatic rings. The minimum Gasteiger partial charge on any atom is -0.374 e. The van der Waals surface area contributed by atoms with Crippen LogP contribution in [-0.2, 0) is 4.79 Å². The molecule has 0 aliphatic carbocycles. The minimum absolute atomic E-state index is 0.404. The second-order valence-corrected chi connectivity index (χ2v) is 6.67. The van der Waals surface area contributed by atoms with Gasteiger partial charge in [-0.3, -0.25) is 15.1 Å². The first-order chi connectivity index (χ1) is 13.2. The van der Waals surface area contributed by atoms with Gasteiger partial charge < -0.3 is 14.5 Å². The molecule has 2 N–H and O–H groups in total. The number of pyridine rings is 1. The maximum Gasteiger partial charge on any atom is 0.268 e. The maximum atomic E-state index is 13.5. The quantitative estimate of drug-likeness (QED) is 0.745. The van der Waals surface area contributed by atoms with Gasteiger partial charge in [0.05, 0.1) is 24.9 Å². The fourth-order valence-corrected chi connectivity index (χ4v) is 3.31. The number of amides is 1. The van der Waals surface area contributed by atoms with Crippen molar-refractivity contribution >= 4 is 5.91 Å². The largest absolute Gasteiger partial charge is 0.374 e. The van der Waals surface area contributed by atoms with E-state index in [4.69, 9.17) is 9.78 Å². The topological polar surface area (TPSA) is 115 Å². The molecule has 1 aliphatic heterocycles. The molecule has 1 fully saturated rings. The van der Waals surface area contributed by atoms with Crippen molar-refractivity contribution in [3.05, 3.63) is 35.5 Å². The average Bonchev–Trinajstić information content (AvgIpc) is 3.17. The van der Waals surface area contributed by atoms with Crippen molar-refractivity contribution in [1.29, 1.82) is 5.26 Å². The number of halogens is 2. The smallest absolute Gasteiger partial charge is 0.268 e. The van der Waals surface area contributed by atoms with Gasteiger partial charge in [0.15, 0.2) is 0 Å². The van der Waals surface area contributed by atoms with E-state index < -0.39 is 43.6 Å². The number of alkyl halides is 2. The van der Waals surface area contributed by atoms with Crippen LogP contribution in [0.2, 0.25) is 0 Å². The molecule has 3 rings (SSSR count). The average molecular weight is 391 g/mol. The van der Waals surface area contributed by atoms with Gasteiger partial charge >= 0.3 is 0 Å². The molecule has 148 valence electrons. The zero-order valence-electron chi connectivity index (χ0n) is 15.3. The normalized spacial score (nSPS) is 19.4. The van der Waals surface area contributed by atoms with E-state index in [1.54, 1.807) is 32.2 Å². The van der Waals surface area contributed by atoms with Crippen LogP contribution in [0.15, 0.2) is 23.0 Å². The third-order valence-electron chi connectivity index (χ3n) is 4.64.